The van der Waals surface area contributed by atoms with E-state index in [4.69, 9.17) is 27.6 Å². The van der Waals surface area contributed by atoms with E-state index in [1.54, 1.807) is 31.2 Å². The molecule has 0 aliphatic rings. The minimum atomic E-state index is -0.190. The van der Waals surface area contributed by atoms with Crippen LogP contribution in [-0.4, -0.2) is 5.78 Å². The quantitative estimate of drug-likeness (QED) is 0.755. The Hall–Kier alpha value is -1.25. The van der Waals surface area contributed by atoms with Crippen molar-refractivity contribution in [1.82, 2.24) is 0 Å². The molecule has 2 aromatic rings. The van der Waals surface area contributed by atoms with Gasteiger partial charge in [-0.2, -0.15) is 0 Å². The van der Waals surface area contributed by atoms with Crippen LogP contribution in [0.4, 0.5) is 0 Å². The summed E-state index contributed by atoms with van der Waals surface area (Å²) in [6, 6.07) is 6.63. The highest BCUT2D eigenvalue weighted by atomic mass is 35.5. The minimum absolute atomic E-state index is 0.190. The molecule has 1 heterocycles. The second kappa shape index (κ2) is 4.32. The van der Waals surface area contributed by atoms with E-state index in [1.165, 1.54) is 6.26 Å². The van der Waals surface area contributed by atoms with Crippen LogP contribution in [0.2, 0.25) is 10.0 Å². The number of hydrogen-bond donors (Lipinski definition) is 0. The molecule has 1 aromatic heterocycles. The first-order chi connectivity index (χ1) is 7.59. The Morgan fingerprint density at radius 2 is 2.06 bits per heavy atom. The second-order valence-electron chi connectivity index (χ2n) is 3.38. The normalized spacial score (nSPS) is 10.4. The molecule has 1 aromatic carbocycles. The maximum Gasteiger partial charge on any atom is 0.197 e. The average molecular weight is 255 g/mol. The maximum absolute atomic E-state index is 12.0. The molecule has 4 heteroatoms. The topological polar surface area (TPSA) is 30.2 Å². The van der Waals surface area contributed by atoms with E-state index in [9.17, 15) is 4.79 Å². The molecule has 0 aliphatic heterocycles. The molecule has 2 rings (SSSR count). The van der Waals surface area contributed by atoms with Gasteiger partial charge in [-0.05, 0) is 25.1 Å². The van der Waals surface area contributed by atoms with Gasteiger partial charge in [0.05, 0.1) is 15.6 Å². The molecule has 0 spiro atoms. The van der Waals surface area contributed by atoms with Gasteiger partial charge in [0.25, 0.3) is 0 Å². The van der Waals surface area contributed by atoms with Gasteiger partial charge in [0, 0.05) is 5.56 Å². The van der Waals surface area contributed by atoms with Crippen molar-refractivity contribution in [3.05, 3.63) is 57.5 Å². The standard InChI is InChI=1S/C12H8Cl2O2/c1-7-5-8(6-16-7)12(15)9-3-2-4-10(13)11(9)14/h2-6H,1H3. The van der Waals surface area contributed by atoms with E-state index in [1.807, 2.05) is 0 Å². The van der Waals surface area contributed by atoms with Crippen molar-refractivity contribution in [1.29, 1.82) is 0 Å². The zero-order chi connectivity index (χ0) is 11.7. The van der Waals surface area contributed by atoms with Gasteiger partial charge in [0.15, 0.2) is 5.78 Å². The molecule has 0 aliphatic carbocycles. The third-order valence-corrected chi connectivity index (χ3v) is 3.01. The highest BCUT2D eigenvalue weighted by Crippen LogP contribution is 2.27. The molecule has 82 valence electrons. The van der Waals surface area contributed by atoms with Gasteiger partial charge in [0.1, 0.15) is 12.0 Å². The lowest BCUT2D eigenvalue weighted by Crippen LogP contribution is -2.00. The highest BCUT2D eigenvalue weighted by Gasteiger charge is 2.16. The molecule has 0 fully saturated rings. The molecule has 2 nitrogen and oxygen atoms in total. The molecule has 16 heavy (non-hydrogen) atoms. The summed E-state index contributed by atoms with van der Waals surface area (Å²) in [6.07, 6.45) is 1.41. The zero-order valence-electron chi connectivity index (χ0n) is 8.46. The summed E-state index contributed by atoms with van der Waals surface area (Å²) in [5.41, 5.74) is 0.858. The fourth-order valence-corrected chi connectivity index (χ4v) is 1.78. The first-order valence-electron chi connectivity index (χ1n) is 4.63. The van der Waals surface area contributed by atoms with E-state index in [-0.39, 0.29) is 10.8 Å². The van der Waals surface area contributed by atoms with Crippen molar-refractivity contribution in [3.63, 3.8) is 0 Å². The van der Waals surface area contributed by atoms with E-state index in [0.717, 1.165) is 0 Å². The van der Waals surface area contributed by atoms with Crippen molar-refractivity contribution < 1.29 is 9.21 Å². The summed E-state index contributed by atoms with van der Waals surface area (Å²) >= 11 is 11.8. The lowest BCUT2D eigenvalue weighted by molar-refractivity contribution is 0.103. The van der Waals surface area contributed by atoms with Crippen molar-refractivity contribution in [3.8, 4) is 0 Å². The first kappa shape index (κ1) is 11.2. The number of furan rings is 1. The molecular formula is C12H8Cl2O2. The van der Waals surface area contributed by atoms with Gasteiger partial charge < -0.3 is 4.42 Å². The number of aryl methyl sites for hydroxylation is 1. The van der Waals surface area contributed by atoms with Crippen LogP contribution < -0.4 is 0 Å². The lowest BCUT2D eigenvalue weighted by atomic mass is 10.1. The monoisotopic (exact) mass is 254 g/mol. The number of ketones is 1. The summed E-state index contributed by atoms with van der Waals surface area (Å²) < 4.78 is 5.08. The smallest absolute Gasteiger partial charge is 0.197 e. The van der Waals surface area contributed by atoms with Gasteiger partial charge in [-0.3, -0.25) is 4.79 Å². The number of hydrogen-bond acceptors (Lipinski definition) is 2. The van der Waals surface area contributed by atoms with Gasteiger partial charge >= 0.3 is 0 Å². The third-order valence-electron chi connectivity index (χ3n) is 2.19. The largest absolute Gasteiger partial charge is 0.469 e. The molecule has 0 radical (unpaired) electrons. The molecule has 0 saturated heterocycles. The lowest BCUT2D eigenvalue weighted by Gasteiger charge is -2.02. The Labute approximate surface area is 103 Å². The van der Waals surface area contributed by atoms with Crippen LogP contribution >= 0.6 is 23.2 Å². The van der Waals surface area contributed by atoms with Crippen LogP contribution in [0.25, 0.3) is 0 Å². The Kier molecular flexibility index (Phi) is 3.03. The number of carbonyl (C=O) groups is 1. The summed E-state index contributed by atoms with van der Waals surface area (Å²) in [5, 5.41) is 0.640. The van der Waals surface area contributed by atoms with Crippen LogP contribution in [0, 0.1) is 6.92 Å². The van der Waals surface area contributed by atoms with Crippen molar-refractivity contribution in [2.45, 2.75) is 6.92 Å². The van der Waals surface area contributed by atoms with E-state index in [0.29, 0.717) is 21.9 Å². The Morgan fingerprint density at radius 3 is 2.69 bits per heavy atom. The number of benzene rings is 1. The van der Waals surface area contributed by atoms with Crippen LogP contribution in [0.15, 0.2) is 34.9 Å². The Bertz CT molecular complexity index is 544. The molecule has 0 atom stereocenters. The maximum atomic E-state index is 12.0. The molecule has 0 N–H and O–H groups in total. The molecule has 0 amide bonds. The van der Waals surface area contributed by atoms with Gasteiger partial charge in [-0.1, -0.05) is 29.3 Å². The summed E-state index contributed by atoms with van der Waals surface area (Å²) in [6.45, 7) is 1.77. The van der Waals surface area contributed by atoms with Gasteiger partial charge in [-0.25, -0.2) is 0 Å². The SMILES string of the molecule is Cc1cc(C(=O)c2cccc(Cl)c2Cl)co1. The van der Waals surface area contributed by atoms with Crippen molar-refractivity contribution in [2.24, 2.45) is 0 Å². The minimum Gasteiger partial charge on any atom is -0.469 e. The highest BCUT2D eigenvalue weighted by molar-refractivity contribution is 6.44. The summed E-state index contributed by atoms with van der Waals surface area (Å²) in [7, 11) is 0. The fraction of sp³-hybridized carbons (Fsp3) is 0.0833. The molecule has 0 saturated carbocycles. The van der Waals surface area contributed by atoms with Crippen LogP contribution in [0.1, 0.15) is 21.7 Å². The third kappa shape index (κ3) is 1.99. The number of rotatable bonds is 2. The fourth-order valence-electron chi connectivity index (χ4n) is 1.40. The Balaban J connectivity index is 2.45. The van der Waals surface area contributed by atoms with E-state index >= 15 is 0 Å². The van der Waals surface area contributed by atoms with Crippen LogP contribution in [-0.2, 0) is 0 Å². The van der Waals surface area contributed by atoms with E-state index in [2.05, 4.69) is 0 Å². The average Bonchev–Trinajstić information content (AvgIpc) is 2.68. The number of carbonyl (C=O) groups excluding carboxylic acids is 1. The predicted octanol–water partition coefficient (Wildman–Crippen LogP) is 4.13. The number of halogens is 2. The predicted molar refractivity (Wildman–Crippen MR) is 63.3 cm³/mol. The van der Waals surface area contributed by atoms with Crippen molar-refractivity contribution >= 4 is 29.0 Å². The zero-order valence-corrected chi connectivity index (χ0v) is 9.97. The van der Waals surface area contributed by atoms with Crippen LogP contribution in [0.5, 0.6) is 0 Å². The van der Waals surface area contributed by atoms with Crippen molar-refractivity contribution in [2.75, 3.05) is 0 Å². The summed E-state index contributed by atoms with van der Waals surface area (Å²) in [4.78, 5) is 12.0. The first-order valence-corrected chi connectivity index (χ1v) is 5.39. The van der Waals surface area contributed by atoms with Gasteiger partial charge in [-0.15, -0.1) is 0 Å². The molecule has 0 unspecified atom stereocenters. The van der Waals surface area contributed by atoms with Crippen LogP contribution in [0.3, 0.4) is 0 Å². The second-order valence-corrected chi connectivity index (χ2v) is 4.16. The summed E-state index contributed by atoms with van der Waals surface area (Å²) in [5.74, 6) is 0.492. The van der Waals surface area contributed by atoms with E-state index < -0.39 is 0 Å². The Morgan fingerprint density at radius 1 is 1.31 bits per heavy atom. The van der Waals surface area contributed by atoms with Gasteiger partial charge in [0.2, 0.25) is 0 Å². The molecular weight excluding hydrogens is 247 g/mol. The molecule has 0 bridgehead atoms.